The number of aliphatic hydroxyl groups excluding tert-OH is 3. The molecule has 2 rings (SSSR count). The second kappa shape index (κ2) is 12.3. The van der Waals surface area contributed by atoms with Crippen LogP contribution in [-0.2, 0) is 23.7 Å². The van der Waals surface area contributed by atoms with Gasteiger partial charge in [0.2, 0.25) is 11.6 Å². The fourth-order valence-electron chi connectivity index (χ4n) is 3.54. The average molecular weight is 469 g/mol. The largest absolute Gasteiger partial charge is 0.391 e. The molecule has 5 N–H and O–H groups in total. The summed E-state index contributed by atoms with van der Waals surface area (Å²) in [5, 5.41) is 50.1. The topological polar surface area (TPSA) is 154 Å². The van der Waals surface area contributed by atoms with Crippen LogP contribution < -0.4 is 0 Å². The fourth-order valence-corrected chi connectivity index (χ4v) is 3.54. The molecule has 32 heavy (non-hydrogen) atoms. The van der Waals surface area contributed by atoms with Gasteiger partial charge in [0.15, 0.2) is 12.6 Å². The molecule has 2 aliphatic heterocycles. The van der Waals surface area contributed by atoms with Crippen molar-refractivity contribution in [1.29, 1.82) is 0 Å². The molecule has 0 aromatic rings. The Morgan fingerprint density at radius 1 is 0.906 bits per heavy atom. The van der Waals surface area contributed by atoms with Crippen LogP contribution in [0.5, 0.6) is 0 Å². The summed E-state index contributed by atoms with van der Waals surface area (Å²) < 4.78 is 27.3. The molecule has 0 bridgehead atoms. The van der Waals surface area contributed by atoms with Gasteiger partial charge >= 0.3 is 0 Å². The highest BCUT2D eigenvalue weighted by Crippen LogP contribution is 2.24. The van der Waals surface area contributed by atoms with Crippen LogP contribution >= 0.6 is 0 Å². The summed E-state index contributed by atoms with van der Waals surface area (Å²) in [6.45, 7) is 8.78. The molecule has 7 unspecified atom stereocenters. The minimum Gasteiger partial charge on any atom is -0.391 e. The van der Waals surface area contributed by atoms with E-state index >= 15 is 0 Å². The third kappa shape index (κ3) is 7.52. The molecule has 0 radical (unpaired) electrons. The van der Waals surface area contributed by atoms with E-state index in [1.807, 2.05) is 25.7 Å². The molecular weight excluding hydrogens is 428 g/mol. The normalized spacial score (nSPS) is 37.2. The van der Waals surface area contributed by atoms with Crippen LogP contribution in [0.2, 0.25) is 0 Å². The first-order chi connectivity index (χ1) is 15.1. The maximum absolute atomic E-state index is 10.4. The van der Waals surface area contributed by atoms with Gasteiger partial charge in [-0.2, -0.15) is 0 Å². The number of ether oxygens (including phenoxy) is 5. The summed E-state index contributed by atoms with van der Waals surface area (Å²) in [5.74, 6) is -3.61. The molecule has 12 heteroatoms. The van der Waals surface area contributed by atoms with Crippen LogP contribution in [0.1, 0.15) is 27.7 Å². The van der Waals surface area contributed by atoms with E-state index in [1.165, 1.54) is 0 Å². The molecule has 0 amide bonds. The Kier molecular flexibility index (Phi) is 10.7. The predicted octanol–water partition coefficient (Wildman–Crippen LogP) is -2.15. The van der Waals surface area contributed by atoms with Crippen LogP contribution in [0.25, 0.3) is 0 Å². The monoisotopic (exact) mass is 468 g/mol. The molecule has 2 heterocycles. The fraction of sp³-hybridized carbons (Fsp3) is 1.00. The van der Waals surface area contributed by atoms with Gasteiger partial charge < -0.3 is 54.1 Å². The maximum atomic E-state index is 10.4. The van der Waals surface area contributed by atoms with E-state index in [0.717, 1.165) is 13.1 Å². The molecule has 190 valence electrons. The molecule has 2 saturated heterocycles. The van der Waals surface area contributed by atoms with Gasteiger partial charge in [0, 0.05) is 13.1 Å². The minimum absolute atomic E-state index is 0.216. The maximum Gasteiger partial charge on any atom is 0.213 e. The van der Waals surface area contributed by atoms with Crippen molar-refractivity contribution in [3.8, 4) is 0 Å². The first kappa shape index (κ1) is 27.8. The Morgan fingerprint density at radius 3 is 1.91 bits per heavy atom. The molecule has 0 aromatic carbocycles. The lowest BCUT2D eigenvalue weighted by Crippen LogP contribution is -2.58. The number of hydrogen-bond donors (Lipinski definition) is 5. The first-order valence-corrected chi connectivity index (χ1v) is 11.2. The molecule has 0 saturated carbocycles. The molecular formula is C20H40N2O10. The second-order valence-corrected chi connectivity index (χ2v) is 8.24. The number of rotatable bonds is 12. The van der Waals surface area contributed by atoms with Crippen molar-refractivity contribution >= 4 is 0 Å². The Morgan fingerprint density at radius 2 is 1.44 bits per heavy atom. The highest BCUT2D eigenvalue weighted by molar-refractivity contribution is 4.81. The van der Waals surface area contributed by atoms with Gasteiger partial charge in [-0.05, 0) is 26.6 Å². The van der Waals surface area contributed by atoms with Crippen LogP contribution in [0.3, 0.4) is 0 Å². The van der Waals surface area contributed by atoms with Gasteiger partial charge in [0.25, 0.3) is 0 Å². The van der Waals surface area contributed by atoms with Gasteiger partial charge in [0.1, 0.15) is 38.3 Å². The molecule has 2 fully saturated rings. The van der Waals surface area contributed by atoms with Crippen LogP contribution in [0.4, 0.5) is 0 Å². The lowest BCUT2D eigenvalue weighted by molar-refractivity contribution is -0.382. The highest BCUT2D eigenvalue weighted by atomic mass is 16.7. The van der Waals surface area contributed by atoms with Gasteiger partial charge in [-0.3, -0.25) is 4.90 Å². The van der Waals surface area contributed by atoms with E-state index in [4.69, 9.17) is 28.8 Å². The predicted molar refractivity (Wildman–Crippen MR) is 111 cm³/mol. The smallest absolute Gasteiger partial charge is 0.213 e. The van der Waals surface area contributed by atoms with E-state index in [2.05, 4.69) is 4.90 Å². The molecule has 0 aliphatic carbocycles. The van der Waals surface area contributed by atoms with Crippen molar-refractivity contribution < 1.29 is 49.2 Å². The summed E-state index contributed by atoms with van der Waals surface area (Å²) in [6, 6.07) is 0. The first-order valence-electron chi connectivity index (χ1n) is 11.2. The van der Waals surface area contributed by atoms with Crippen molar-refractivity contribution in [1.82, 2.24) is 9.80 Å². The summed E-state index contributed by atoms with van der Waals surface area (Å²) >= 11 is 0. The zero-order valence-electron chi connectivity index (χ0n) is 19.4. The Bertz CT molecular complexity index is 544. The van der Waals surface area contributed by atoms with Crippen molar-refractivity contribution in [3.05, 3.63) is 0 Å². The van der Waals surface area contributed by atoms with Gasteiger partial charge in [-0.15, -0.1) is 0 Å². The second-order valence-electron chi connectivity index (χ2n) is 8.24. The number of nitrogens with zero attached hydrogens (tertiary/aromatic N) is 2. The van der Waals surface area contributed by atoms with E-state index in [0.29, 0.717) is 13.1 Å². The average Bonchev–Trinajstić information content (AvgIpc) is 2.79. The zero-order chi connectivity index (χ0) is 23.9. The van der Waals surface area contributed by atoms with E-state index in [9.17, 15) is 20.4 Å². The summed E-state index contributed by atoms with van der Waals surface area (Å²) in [5.41, 5.74) is 0. The molecule has 7 atom stereocenters. The van der Waals surface area contributed by atoms with Crippen molar-refractivity contribution in [2.24, 2.45) is 0 Å². The lowest BCUT2D eigenvalue weighted by atomic mass is 10.2. The number of hydrogen-bond acceptors (Lipinski definition) is 12. The molecule has 2 aliphatic rings. The zero-order valence-corrected chi connectivity index (χ0v) is 19.4. The summed E-state index contributed by atoms with van der Waals surface area (Å²) in [6.07, 6.45) is -4.33. The summed E-state index contributed by atoms with van der Waals surface area (Å²) in [7, 11) is 0. The molecule has 0 aromatic heterocycles. The van der Waals surface area contributed by atoms with Crippen LogP contribution in [0.15, 0.2) is 0 Å². The van der Waals surface area contributed by atoms with Crippen LogP contribution in [0, 0.1) is 0 Å². The molecule has 0 spiro atoms. The Hall–Kier alpha value is -0.480. The van der Waals surface area contributed by atoms with E-state index in [1.54, 1.807) is 6.92 Å². The minimum atomic E-state index is -1.84. The van der Waals surface area contributed by atoms with Crippen molar-refractivity contribution in [3.63, 3.8) is 0 Å². The van der Waals surface area contributed by atoms with Crippen LogP contribution in [-0.4, -0.2) is 137 Å². The van der Waals surface area contributed by atoms with E-state index < -0.39 is 55.8 Å². The summed E-state index contributed by atoms with van der Waals surface area (Å²) in [4.78, 5) is 3.91. The number of aliphatic hydroxyl groups is 5. The van der Waals surface area contributed by atoms with Crippen molar-refractivity contribution in [2.75, 3.05) is 59.2 Å². The van der Waals surface area contributed by atoms with Gasteiger partial charge in [-0.25, -0.2) is 0 Å². The third-order valence-corrected chi connectivity index (χ3v) is 5.86. The SMILES string of the molecule is CCN(CC)CC1OC(O)C(CN(CC)C(C)OCC2(O)COC(O)(CO)CO2)OC1O. The Labute approximate surface area is 189 Å². The highest BCUT2D eigenvalue weighted by Gasteiger charge is 2.44. The number of likely N-dealkylation sites (N-methyl/N-ethyl adjacent to an activating group) is 2. The van der Waals surface area contributed by atoms with Gasteiger partial charge in [-0.1, -0.05) is 20.8 Å². The van der Waals surface area contributed by atoms with Crippen molar-refractivity contribution in [2.45, 2.75) is 70.3 Å². The van der Waals surface area contributed by atoms with Gasteiger partial charge in [0.05, 0.1) is 6.61 Å². The third-order valence-electron chi connectivity index (χ3n) is 5.86. The molecule has 12 nitrogen and oxygen atoms in total. The quantitative estimate of drug-likeness (QED) is 0.198. The van der Waals surface area contributed by atoms with E-state index in [-0.39, 0.29) is 19.8 Å². The Balaban J connectivity index is 1.84. The standard InChI is InChI=1S/C20H40N2O10/c1-5-21(6-2)8-15-17(24)32-16(18(25)31-15)9-22(7-3)14(4)28-11-20(27)13-29-19(26,10-23)12-30-20/h14-18,23-27H,5-13H2,1-4H3. The lowest BCUT2D eigenvalue weighted by Gasteiger charge is -2.42.